The summed E-state index contributed by atoms with van der Waals surface area (Å²) >= 11 is 3.60. The molecule has 0 bridgehead atoms. The molecule has 0 amide bonds. The van der Waals surface area contributed by atoms with Crippen LogP contribution in [-0.4, -0.2) is 49.3 Å². The molecule has 0 unspecified atom stereocenters. The molecule has 3 atom stereocenters. The number of ether oxygens (including phenoxy) is 2. The van der Waals surface area contributed by atoms with Gasteiger partial charge in [-0.1, -0.05) is 64.5 Å². The zero-order valence-electron chi connectivity index (χ0n) is 20.8. The average Bonchev–Trinajstić information content (AvgIpc) is 3.01. The normalized spacial score (nSPS) is 20.4. The number of halogens is 1. The number of fused-ring (bicyclic) bond motifs is 2. The number of nitrogens with zero attached hydrogens (tertiary/aromatic N) is 2. The minimum atomic E-state index is -1.28. The van der Waals surface area contributed by atoms with Gasteiger partial charge in [0.1, 0.15) is 11.4 Å². The van der Waals surface area contributed by atoms with Gasteiger partial charge in [0.15, 0.2) is 0 Å². The topological polar surface area (TPSA) is 54.8 Å². The second kappa shape index (κ2) is 10.2. The van der Waals surface area contributed by atoms with Crippen LogP contribution >= 0.6 is 15.9 Å². The predicted molar refractivity (Wildman–Crippen MR) is 147 cm³/mol. The highest BCUT2D eigenvalue weighted by Crippen LogP contribution is 2.53. The van der Waals surface area contributed by atoms with Crippen LogP contribution < -0.4 is 9.47 Å². The summed E-state index contributed by atoms with van der Waals surface area (Å²) in [6.07, 6.45) is 0.710. The highest BCUT2D eigenvalue weighted by atomic mass is 79.9. The molecule has 3 aromatic carbocycles. The number of benzene rings is 3. The Morgan fingerprint density at radius 3 is 2.58 bits per heavy atom. The second-order valence-electron chi connectivity index (χ2n) is 9.69. The number of pyridine rings is 1. The maximum Gasteiger partial charge on any atom is 0.217 e. The predicted octanol–water partition coefficient (Wildman–Crippen LogP) is 5.99. The van der Waals surface area contributed by atoms with Crippen molar-refractivity contribution in [3.8, 4) is 11.6 Å². The fraction of sp³-hybridized carbons (Fsp3) is 0.300. The van der Waals surface area contributed by atoms with Gasteiger partial charge in [0, 0.05) is 39.4 Å². The van der Waals surface area contributed by atoms with E-state index in [0.29, 0.717) is 25.5 Å². The molecular formula is C30H31BrN2O3. The Labute approximate surface area is 220 Å². The SMILES string of the molecule is COc1nc2ccc(Br)cc2cc1[C@@H](c1ccccc1)[C@@]1(O)c2ccccc2OCC[C@@H]1CN(C)C. The maximum atomic E-state index is 13.1. The standard InChI is InChI=1S/C30H31BrN2O3/c1-33(2)19-22-15-16-36-27-12-8-7-11-25(27)30(22,34)28(20-9-5-4-6-10-20)24-18-21-17-23(31)13-14-26(21)32-29(24)35-3/h4-14,17-18,22,28,34H,15-16,19H2,1-3H3/t22-,28-,30+/m1/s1. The van der Waals surface area contributed by atoms with Crippen LogP contribution in [-0.2, 0) is 5.60 Å². The summed E-state index contributed by atoms with van der Waals surface area (Å²) in [5, 5.41) is 14.1. The molecule has 1 N–H and O–H groups in total. The molecule has 0 spiro atoms. The van der Waals surface area contributed by atoms with Crippen LogP contribution in [0.25, 0.3) is 10.9 Å². The van der Waals surface area contributed by atoms with Crippen LogP contribution in [0.1, 0.15) is 29.0 Å². The van der Waals surface area contributed by atoms with Gasteiger partial charge in [-0.2, -0.15) is 0 Å². The van der Waals surface area contributed by atoms with Crippen molar-refractivity contribution >= 4 is 26.8 Å². The van der Waals surface area contributed by atoms with Gasteiger partial charge in [0.05, 0.1) is 19.2 Å². The Bertz CT molecular complexity index is 1360. The molecule has 0 aliphatic carbocycles. The van der Waals surface area contributed by atoms with Gasteiger partial charge in [-0.05, 0) is 56.4 Å². The first-order chi connectivity index (χ1) is 17.4. The Balaban J connectivity index is 1.84. The summed E-state index contributed by atoms with van der Waals surface area (Å²) in [5.41, 5.74) is 2.19. The summed E-state index contributed by atoms with van der Waals surface area (Å²) in [7, 11) is 5.74. The van der Waals surface area contributed by atoms with Gasteiger partial charge in [-0.15, -0.1) is 0 Å². The van der Waals surface area contributed by atoms with Crippen molar-refractivity contribution < 1.29 is 14.6 Å². The van der Waals surface area contributed by atoms with Crippen molar-refractivity contribution in [2.24, 2.45) is 5.92 Å². The fourth-order valence-electron chi connectivity index (χ4n) is 5.57. The second-order valence-corrected chi connectivity index (χ2v) is 10.6. The van der Waals surface area contributed by atoms with Gasteiger partial charge >= 0.3 is 0 Å². The fourth-order valence-corrected chi connectivity index (χ4v) is 5.95. The van der Waals surface area contributed by atoms with Crippen molar-refractivity contribution in [3.05, 3.63) is 100 Å². The number of methoxy groups -OCH3 is 1. The van der Waals surface area contributed by atoms with E-state index in [9.17, 15) is 5.11 Å². The lowest BCUT2D eigenvalue weighted by molar-refractivity contribution is -0.0487. The van der Waals surface area contributed by atoms with E-state index in [1.165, 1.54) is 0 Å². The highest BCUT2D eigenvalue weighted by molar-refractivity contribution is 9.10. The van der Waals surface area contributed by atoms with E-state index in [2.05, 4.69) is 45.1 Å². The molecule has 0 saturated heterocycles. The van der Waals surface area contributed by atoms with E-state index in [1.807, 2.05) is 68.7 Å². The van der Waals surface area contributed by atoms with Crippen LogP contribution in [0.4, 0.5) is 0 Å². The summed E-state index contributed by atoms with van der Waals surface area (Å²) in [4.78, 5) is 7.01. The molecule has 2 heterocycles. The summed E-state index contributed by atoms with van der Waals surface area (Å²) in [6.45, 7) is 1.24. The Hall–Kier alpha value is -2.93. The van der Waals surface area contributed by atoms with Crippen LogP contribution in [0.5, 0.6) is 11.6 Å². The average molecular weight is 547 g/mol. The van der Waals surface area contributed by atoms with E-state index in [-0.39, 0.29) is 5.92 Å². The largest absolute Gasteiger partial charge is 0.493 e. The summed E-state index contributed by atoms with van der Waals surface area (Å²) < 4.78 is 13.0. The van der Waals surface area contributed by atoms with Crippen LogP contribution in [0, 0.1) is 5.92 Å². The molecule has 36 heavy (non-hydrogen) atoms. The maximum absolute atomic E-state index is 13.1. The Kier molecular flexibility index (Phi) is 7.02. The first kappa shape index (κ1) is 24.8. The van der Waals surface area contributed by atoms with E-state index < -0.39 is 11.5 Å². The number of hydrogen-bond donors (Lipinski definition) is 1. The molecule has 4 aromatic rings. The Morgan fingerprint density at radius 1 is 1.08 bits per heavy atom. The van der Waals surface area contributed by atoms with E-state index in [4.69, 9.17) is 14.5 Å². The van der Waals surface area contributed by atoms with Crippen LogP contribution in [0.3, 0.4) is 0 Å². The van der Waals surface area contributed by atoms with Crippen LogP contribution in [0.2, 0.25) is 0 Å². The molecule has 0 saturated carbocycles. The zero-order chi connectivity index (χ0) is 25.3. The smallest absolute Gasteiger partial charge is 0.217 e. The monoisotopic (exact) mass is 546 g/mol. The molecular weight excluding hydrogens is 516 g/mol. The van der Waals surface area contributed by atoms with Gasteiger partial charge in [-0.3, -0.25) is 0 Å². The first-order valence-corrected chi connectivity index (χ1v) is 13.0. The number of rotatable bonds is 6. The summed E-state index contributed by atoms with van der Waals surface area (Å²) in [5.74, 6) is 0.678. The lowest BCUT2D eigenvalue weighted by Gasteiger charge is -2.43. The van der Waals surface area contributed by atoms with Gasteiger partial charge < -0.3 is 19.5 Å². The number of aliphatic hydroxyl groups is 1. The molecule has 6 heteroatoms. The number of hydrogen-bond acceptors (Lipinski definition) is 5. The van der Waals surface area contributed by atoms with Crippen molar-refractivity contribution in [1.29, 1.82) is 0 Å². The van der Waals surface area contributed by atoms with Gasteiger partial charge in [-0.25, -0.2) is 4.98 Å². The van der Waals surface area contributed by atoms with Gasteiger partial charge in [0.25, 0.3) is 0 Å². The lowest BCUT2D eigenvalue weighted by atomic mass is 9.66. The highest BCUT2D eigenvalue weighted by Gasteiger charge is 2.50. The van der Waals surface area contributed by atoms with Crippen molar-refractivity contribution in [1.82, 2.24) is 9.88 Å². The third-order valence-electron chi connectivity index (χ3n) is 7.10. The minimum absolute atomic E-state index is 0.107. The molecule has 1 aliphatic heterocycles. The third-order valence-corrected chi connectivity index (χ3v) is 7.59. The lowest BCUT2D eigenvalue weighted by Crippen LogP contribution is -2.45. The molecule has 0 fully saturated rings. The van der Waals surface area contributed by atoms with Crippen molar-refractivity contribution in [2.75, 3.05) is 34.4 Å². The Morgan fingerprint density at radius 2 is 1.83 bits per heavy atom. The molecule has 1 aromatic heterocycles. The minimum Gasteiger partial charge on any atom is -0.493 e. The van der Waals surface area contributed by atoms with Crippen LogP contribution in [0.15, 0.2) is 83.3 Å². The zero-order valence-corrected chi connectivity index (χ0v) is 22.4. The molecule has 5 nitrogen and oxygen atoms in total. The van der Waals surface area contributed by atoms with Crippen molar-refractivity contribution in [3.63, 3.8) is 0 Å². The molecule has 186 valence electrons. The van der Waals surface area contributed by atoms with E-state index >= 15 is 0 Å². The molecule has 1 aliphatic rings. The van der Waals surface area contributed by atoms with E-state index in [0.717, 1.165) is 37.8 Å². The number of para-hydroxylation sites is 1. The van der Waals surface area contributed by atoms with Gasteiger partial charge in [0.2, 0.25) is 5.88 Å². The number of aromatic nitrogens is 1. The molecule has 0 radical (unpaired) electrons. The first-order valence-electron chi connectivity index (χ1n) is 12.2. The quantitative estimate of drug-likeness (QED) is 0.322. The molecule has 5 rings (SSSR count). The van der Waals surface area contributed by atoms with E-state index in [1.54, 1.807) is 7.11 Å². The third kappa shape index (κ3) is 4.49. The van der Waals surface area contributed by atoms with Crippen molar-refractivity contribution in [2.45, 2.75) is 17.9 Å². The summed E-state index contributed by atoms with van der Waals surface area (Å²) in [6, 6.07) is 26.2.